The molecule has 2 aromatic carbocycles. The molecule has 2 aromatic rings. The largest absolute Gasteiger partial charge is 0.494 e. The van der Waals surface area contributed by atoms with Gasteiger partial charge in [0.1, 0.15) is 5.75 Å². The molecule has 0 unspecified atom stereocenters. The number of anilines is 1. The number of benzene rings is 2. The van der Waals surface area contributed by atoms with Gasteiger partial charge in [0.25, 0.3) is 5.91 Å². The summed E-state index contributed by atoms with van der Waals surface area (Å²) >= 11 is 5.95. The van der Waals surface area contributed by atoms with Crippen molar-refractivity contribution < 1.29 is 22.7 Å². The number of nitrogens with one attached hydrogen (secondary N) is 1. The molecule has 0 aromatic heterocycles. The summed E-state index contributed by atoms with van der Waals surface area (Å²) in [6.45, 7) is 0.364. The van der Waals surface area contributed by atoms with E-state index in [2.05, 4.69) is 11.4 Å². The molecule has 1 saturated carbocycles. The zero-order valence-corrected chi connectivity index (χ0v) is 16.6. The lowest BCUT2D eigenvalue weighted by Crippen LogP contribution is -2.19. The third-order valence-corrected chi connectivity index (χ3v) is 5.45. The predicted octanol–water partition coefficient (Wildman–Crippen LogP) is 6.76. The highest BCUT2D eigenvalue weighted by atomic mass is 35.5. The Kier molecular flexibility index (Phi) is 7.06. The van der Waals surface area contributed by atoms with Gasteiger partial charge in [-0.3, -0.25) is 4.79 Å². The van der Waals surface area contributed by atoms with Gasteiger partial charge in [-0.2, -0.15) is 13.2 Å². The lowest BCUT2D eigenvalue weighted by atomic mass is 9.87. The second-order valence-electron chi connectivity index (χ2n) is 7.21. The molecule has 0 heterocycles. The van der Waals surface area contributed by atoms with Crippen LogP contribution in [0.25, 0.3) is 0 Å². The smallest absolute Gasteiger partial charge is 0.417 e. The Morgan fingerprint density at radius 2 is 1.97 bits per heavy atom. The number of halogens is 4. The molecule has 1 fully saturated rings. The summed E-state index contributed by atoms with van der Waals surface area (Å²) in [5.74, 6) is -0.216. The van der Waals surface area contributed by atoms with Crippen LogP contribution in [0.5, 0.6) is 5.75 Å². The van der Waals surface area contributed by atoms with Crippen molar-refractivity contribution in [2.24, 2.45) is 5.92 Å². The van der Waals surface area contributed by atoms with Crippen molar-refractivity contribution >= 4 is 23.2 Å². The SMILES string of the molecule is O=C(Nc1c[c]ccc1Cl)c1ccc(OCCC2CCCCC2)cc1C(F)(F)F. The highest BCUT2D eigenvalue weighted by Crippen LogP contribution is 2.35. The summed E-state index contributed by atoms with van der Waals surface area (Å²) in [6, 6.07) is 10.6. The van der Waals surface area contributed by atoms with Crippen LogP contribution in [0.4, 0.5) is 18.9 Å². The van der Waals surface area contributed by atoms with Gasteiger partial charge in [-0.1, -0.05) is 49.8 Å². The molecule has 3 nitrogen and oxygen atoms in total. The maximum Gasteiger partial charge on any atom is 0.417 e. The molecule has 0 aliphatic heterocycles. The van der Waals surface area contributed by atoms with Crippen molar-refractivity contribution in [2.45, 2.75) is 44.7 Å². The molecule has 3 rings (SSSR count). The molecular formula is C22H22ClF3NO2. The minimum Gasteiger partial charge on any atom is -0.494 e. The summed E-state index contributed by atoms with van der Waals surface area (Å²) < 4.78 is 46.2. The Balaban J connectivity index is 1.72. The third kappa shape index (κ3) is 5.89. The first-order valence-electron chi connectivity index (χ1n) is 9.65. The normalized spacial score (nSPS) is 15.2. The van der Waals surface area contributed by atoms with E-state index in [-0.39, 0.29) is 16.5 Å². The van der Waals surface area contributed by atoms with E-state index in [1.807, 2.05) is 0 Å². The van der Waals surface area contributed by atoms with Gasteiger partial charge in [0, 0.05) is 0 Å². The second kappa shape index (κ2) is 9.53. The van der Waals surface area contributed by atoms with E-state index in [0.29, 0.717) is 12.5 Å². The monoisotopic (exact) mass is 424 g/mol. The molecule has 29 heavy (non-hydrogen) atoms. The highest BCUT2D eigenvalue weighted by Gasteiger charge is 2.36. The minimum atomic E-state index is -4.69. The van der Waals surface area contributed by atoms with Crippen molar-refractivity contribution in [1.82, 2.24) is 0 Å². The number of hydrogen-bond donors (Lipinski definition) is 1. The number of alkyl halides is 3. The van der Waals surface area contributed by atoms with Crippen molar-refractivity contribution in [1.29, 1.82) is 0 Å². The molecule has 1 radical (unpaired) electrons. The maximum atomic E-state index is 13.6. The molecule has 1 aliphatic carbocycles. The van der Waals surface area contributed by atoms with Gasteiger partial charge >= 0.3 is 6.18 Å². The molecule has 0 atom stereocenters. The first kappa shape index (κ1) is 21.5. The molecule has 7 heteroatoms. The summed E-state index contributed by atoms with van der Waals surface area (Å²) in [4.78, 5) is 12.4. The lowest BCUT2D eigenvalue weighted by Gasteiger charge is -2.21. The van der Waals surface area contributed by atoms with Crippen LogP contribution in [0.2, 0.25) is 5.02 Å². The highest BCUT2D eigenvalue weighted by molar-refractivity contribution is 6.33. The molecule has 1 amide bonds. The van der Waals surface area contributed by atoms with E-state index >= 15 is 0 Å². The van der Waals surface area contributed by atoms with E-state index < -0.39 is 23.2 Å². The first-order chi connectivity index (χ1) is 13.8. The number of hydrogen-bond acceptors (Lipinski definition) is 2. The first-order valence-corrected chi connectivity index (χ1v) is 10.0. The number of amides is 1. The van der Waals surface area contributed by atoms with Crippen LogP contribution in [0.15, 0.2) is 36.4 Å². The van der Waals surface area contributed by atoms with E-state index in [4.69, 9.17) is 16.3 Å². The van der Waals surface area contributed by atoms with E-state index in [1.165, 1.54) is 37.5 Å². The minimum absolute atomic E-state index is 0.107. The van der Waals surface area contributed by atoms with Crippen molar-refractivity contribution in [2.75, 3.05) is 11.9 Å². The van der Waals surface area contributed by atoms with Crippen molar-refractivity contribution in [3.05, 3.63) is 58.6 Å². The fourth-order valence-electron chi connectivity index (χ4n) is 3.56. The number of rotatable bonds is 6. The fourth-order valence-corrected chi connectivity index (χ4v) is 3.73. The Hall–Kier alpha value is -2.21. The molecule has 0 spiro atoms. The Bertz CT molecular complexity index is 848. The second-order valence-corrected chi connectivity index (χ2v) is 7.61. The van der Waals surface area contributed by atoms with Gasteiger partial charge in [-0.15, -0.1) is 0 Å². The average Bonchev–Trinajstić information content (AvgIpc) is 2.70. The van der Waals surface area contributed by atoms with Crippen LogP contribution >= 0.6 is 11.6 Å². The van der Waals surface area contributed by atoms with E-state index in [9.17, 15) is 18.0 Å². The molecule has 0 saturated heterocycles. The zero-order valence-electron chi connectivity index (χ0n) is 15.8. The van der Waals surface area contributed by atoms with Crippen LogP contribution in [0, 0.1) is 12.0 Å². The molecule has 155 valence electrons. The average molecular weight is 425 g/mol. The Morgan fingerprint density at radius 3 is 2.66 bits per heavy atom. The van der Waals surface area contributed by atoms with Crippen molar-refractivity contribution in [3.8, 4) is 5.75 Å². The van der Waals surface area contributed by atoms with Gasteiger partial charge in [-0.05, 0) is 48.7 Å². The topological polar surface area (TPSA) is 38.3 Å². The van der Waals surface area contributed by atoms with Crippen molar-refractivity contribution in [3.63, 3.8) is 0 Å². The van der Waals surface area contributed by atoms with Gasteiger partial charge in [0.15, 0.2) is 0 Å². The van der Waals surface area contributed by atoms with Gasteiger partial charge < -0.3 is 10.1 Å². The van der Waals surface area contributed by atoms with Gasteiger partial charge in [0.05, 0.1) is 28.4 Å². The summed E-state index contributed by atoms with van der Waals surface area (Å²) in [5, 5.41) is 2.62. The Morgan fingerprint density at radius 1 is 1.21 bits per heavy atom. The lowest BCUT2D eigenvalue weighted by molar-refractivity contribution is -0.138. The third-order valence-electron chi connectivity index (χ3n) is 5.12. The quantitative estimate of drug-likeness (QED) is 0.556. The van der Waals surface area contributed by atoms with Crippen LogP contribution in [-0.4, -0.2) is 12.5 Å². The molecule has 1 N–H and O–H groups in total. The van der Waals surface area contributed by atoms with Crippen LogP contribution in [0.3, 0.4) is 0 Å². The molecular weight excluding hydrogens is 403 g/mol. The summed E-state index contributed by atoms with van der Waals surface area (Å²) in [7, 11) is 0. The molecule has 0 bridgehead atoms. The van der Waals surface area contributed by atoms with E-state index in [0.717, 1.165) is 31.4 Å². The van der Waals surface area contributed by atoms with Gasteiger partial charge in [-0.25, -0.2) is 0 Å². The number of carbonyl (C=O) groups is 1. The summed E-state index contributed by atoms with van der Waals surface area (Å²) in [5.41, 5.74) is -1.33. The van der Waals surface area contributed by atoms with Gasteiger partial charge in [0.2, 0.25) is 0 Å². The predicted molar refractivity (Wildman–Crippen MR) is 106 cm³/mol. The standard InChI is InChI=1S/C22H22ClF3NO2/c23-19-8-4-5-9-20(19)27-21(28)17-11-10-16(14-18(17)22(24,25)26)29-13-12-15-6-2-1-3-7-15/h4,8-11,14-15H,1-3,6-7,12-13H2,(H,27,28). The number of ether oxygens (including phenoxy) is 1. The zero-order chi connectivity index (χ0) is 20.9. The molecule has 1 aliphatic rings. The number of carbonyl (C=O) groups excluding carboxylic acids is 1. The van der Waals surface area contributed by atoms with E-state index in [1.54, 1.807) is 6.07 Å². The van der Waals surface area contributed by atoms with Crippen LogP contribution < -0.4 is 10.1 Å². The van der Waals surface area contributed by atoms with Crippen LogP contribution in [0.1, 0.15) is 54.4 Å². The summed E-state index contributed by atoms with van der Waals surface area (Å²) in [6.07, 6.45) is 2.09. The Labute approximate surface area is 173 Å². The van der Waals surface area contributed by atoms with Crippen LogP contribution in [-0.2, 0) is 6.18 Å². The maximum absolute atomic E-state index is 13.6. The fraction of sp³-hybridized carbons (Fsp3) is 0.409.